The Morgan fingerprint density at radius 3 is 1.06 bits per heavy atom. The maximum atomic E-state index is 13.3. The van der Waals surface area contributed by atoms with E-state index in [2.05, 4.69) is 134 Å². The Balaban J connectivity index is 1.14. The number of ether oxygens (including phenoxy) is 8. The molecule has 4 aliphatic heterocycles. The third-order valence-corrected chi connectivity index (χ3v) is 22.7. The van der Waals surface area contributed by atoms with Crippen molar-refractivity contribution in [2.75, 3.05) is 19.8 Å². The van der Waals surface area contributed by atoms with Crippen LogP contribution in [0, 0.1) is 0 Å². The molecule has 4 rings (SSSR count). The van der Waals surface area contributed by atoms with Gasteiger partial charge in [-0.1, -0.05) is 128 Å². The number of hydrogen-bond donors (Lipinski definition) is 12. The van der Waals surface area contributed by atoms with Gasteiger partial charge in [-0.3, -0.25) is 13.8 Å². The summed E-state index contributed by atoms with van der Waals surface area (Å²) in [7, 11) is -11.2. The van der Waals surface area contributed by atoms with Crippen molar-refractivity contribution in [2.24, 2.45) is 0 Å². The Morgan fingerprint density at radius 2 is 0.670 bits per heavy atom. The zero-order chi connectivity index (χ0) is 81.3. The molecule has 0 aromatic carbocycles. The number of carbonyl (C=O) groups is 1. The first kappa shape index (κ1) is 97.6. The minimum absolute atomic E-state index is 0.487. The molecule has 0 aromatic heterocycles. The van der Waals surface area contributed by atoms with E-state index in [1.54, 1.807) is 13.0 Å². The second-order valence-electron chi connectivity index (χ2n) is 30.1. The first-order valence-corrected chi connectivity index (χ1v) is 41.7. The van der Waals surface area contributed by atoms with Crippen LogP contribution in [0.2, 0.25) is 0 Å². The summed E-state index contributed by atoms with van der Waals surface area (Å²) in [6.07, 6.45) is 9.39. The molecule has 0 saturated carbocycles. The van der Waals surface area contributed by atoms with E-state index < -0.39 is 164 Å². The Labute approximate surface area is 647 Å². The van der Waals surface area contributed by atoms with Crippen molar-refractivity contribution in [3.8, 4) is 0 Å². The normalized spacial score (nSPS) is 31.9. The number of allylic oxidation sites excluding steroid dienone is 21. The number of hydrogen-bond acceptors (Lipinski definition) is 24. The van der Waals surface area contributed by atoms with Gasteiger partial charge in [0.2, 0.25) is 0 Å². The topological polar surface area (TPSA) is 396 Å². The summed E-state index contributed by atoms with van der Waals surface area (Å²) in [5.41, 5.74) is 14.6. The van der Waals surface area contributed by atoms with Crippen molar-refractivity contribution in [3.63, 3.8) is 0 Å². The van der Waals surface area contributed by atoms with E-state index >= 15 is 0 Å². The lowest BCUT2D eigenvalue weighted by atomic mass is 9.96. The first-order valence-electron chi connectivity index (χ1n) is 38.7. The first-order chi connectivity index (χ1) is 51.4. The molecule has 28 heteroatoms. The van der Waals surface area contributed by atoms with E-state index in [4.69, 9.17) is 46.9 Å². The van der Waals surface area contributed by atoms with Crippen LogP contribution in [0.3, 0.4) is 0 Å². The van der Waals surface area contributed by atoms with Crippen LogP contribution < -0.4 is 0 Å². The molecule has 0 aliphatic carbocycles. The maximum absolute atomic E-state index is 13.3. The molecule has 26 nitrogen and oxygen atoms in total. The van der Waals surface area contributed by atoms with Crippen molar-refractivity contribution in [3.05, 3.63) is 128 Å². The molecule has 4 aliphatic rings. The van der Waals surface area contributed by atoms with Crippen molar-refractivity contribution >= 4 is 21.6 Å². The van der Waals surface area contributed by atoms with Crippen LogP contribution in [0.1, 0.15) is 232 Å². The summed E-state index contributed by atoms with van der Waals surface area (Å²) in [6.45, 7) is 27.1. The van der Waals surface area contributed by atoms with Gasteiger partial charge in [0, 0.05) is 6.92 Å². The van der Waals surface area contributed by atoms with Gasteiger partial charge in [-0.15, -0.1) is 0 Å². The second kappa shape index (κ2) is 49.8. The van der Waals surface area contributed by atoms with Crippen molar-refractivity contribution in [1.29, 1.82) is 0 Å². The molecular weight excluding hydrogens is 1450 g/mol. The van der Waals surface area contributed by atoms with Crippen LogP contribution in [0.15, 0.2) is 128 Å². The molecule has 4 heterocycles. The van der Waals surface area contributed by atoms with Crippen LogP contribution >= 0.6 is 15.6 Å². The van der Waals surface area contributed by atoms with Crippen LogP contribution in [-0.2, 0) is 65.2 Å². The predicted octanol–water partition coefficient (Wildman–Crippen LogP) is 12.4. The number of phosphoric ester groups is 2. The van der Waals surface area contributed by atoms with Gasteiger partial charge >= 0.3 is 21.6 Å². The Hall–Kier alpha value is -3.81. The molecule has 0 spiro atoms. The molecule has 4 fully saturated rings. The molecule has 624 valence electrons. The third-order valence-electron chi connectivity index (χ3n) is 20.1. The van der Waals surface area contributed by atoms with E-state index in [1.807, 2.05) is 6.92 Å². The summed E-state index contributed by atoms with van der Waals surface area (Å²) < 4.78 is 86.0. The molecule has 0 amide bonds. The molecule has 0 bridgehead atoms. The maximum Gasteiger partial charge on any atom is 0.483 e. The summed E-state index contributed by atoms with van der Waals surface area (Å²) in [6, 6.07) is 0. The SMILES string of the molecule is C/C=C(/C)CC/C=C(/C)CC/C=C(/C)CC/C=C(/C)CC/C=C(/C)CC/C=C(/C)CC/C=C(/C)CC/C=C(/C)CC/C=C(\C)CC/C=C(\C)CC/C=C(\C)COP(=O)(O)OP(=O)(O)O[C@H]1O[C@H](CO)[C@@H](O)[C@H](O[C@@H]2O[C@@H](C)[C@@H](O[C@@H]3O[C@@H](C)[C@@H](O)[C@@H](O[C@@H]4O[C@H](CO)[C@H](O)[C@H](O)[C@H]4O)[C@@H]3O)[C@@H](O)[C@@H]2OC(C)=O)[C@H]1O. The fourth-order valence-electron chi connectivity index (χ4n) is 12.9. The van der Waals surface area contributed by atoms with Crippen LogP contribution in [0.4, 0.5) is 0 Å². The van der Waals surface area contributed by atoms with E-state index in [9.17, 15) is 74.8 Å². The number of aliphatic hydroxyl groups excluding tert-OH is 10. The van der Waals surface area contributed by atoms with Gasteiger partial charge in [-0.05, 0) is 225 Å². The molecule has 0 aromatic rings. The molecule has 4 saturated heterocycles. The zero-order valence-electron chi connectivity index (χ0n) is 67.1. The number of carbonyl (C=O) groups excluding carboxylic acids is 1. The standard InChI is InChI=1S/C81H134O26P2/c1-16-50(2)27-17-28-51(3)29-18-30-52(4)31-19-32-53(5)33-20-34-54(6)35-21-36-55(7)37-22-38-56(8)39-23-40-57(9)41-24-42-58(10)43-25-44-59(11)45-26-46-60(12)49-97-108(93,94)107-109(95,96)106-80-73(92)76(68(87)65(48-83)102-80)105-81-77(100-63(15)84)71(90)74(62(14)99-81)103-79-72(91)75(66(85)61(13)98-79)104-78-70(89)69(88)67(86)64(47-82)101-78/h16,28,30,32,34,36,38,40,42,44,46,61-62,64-83,85-92H,17-27,29,31,33,35,37,39,41,43,45,47-49H2,1-15H3,(H,93,94)(H,95,96)/b50-16-,51-28-,52-30-,53-32-,54-34-,55-36-,56-38-,57-40-,58-42+,59-44+,60-46+/t61-,62-,64+,65+,66+,67-,68+,69-,70+,71+,72-,73+,74+,75+,76-,77-,78-,79-,80+,81-/m0/s1. The molecule has 22 atom stereocenters. The quantitative estimate of drug-likeness (QED) is 0.0153. The largest absolute Gasteiger partial charge is 0.483 e. The Bertz CT molecular complexity index is 3220. The van der Waals surface area contributed by atoms with E-state index in [0.717, 1.165) is 128 Å². The average Bonchev–Trinajstić information content (AvgIpc) is 0.775. The van der Waals surface area contributed by atoms with E-state index in [1.165, 1.54) is 64.0 Å². The van der Waals surface area contributed by atoms with E-state index in [0.29, 0.717) is 18.4 Å². The summed E-state index contributed by atoms with van der Waals surface area (Å²) in [5.74, 6) is -1.03. The minimum Gasteiger partial charge on any atom is -0.454 e. The third kappa shape index (κ3) is 35.5. The highest BCUT2D eigenvalue weighted by Crippen LogP contribution is 2.61. The number of aliphatic hydroxyl groups is 10. The Kier molecular flexibility index (Phi) is 44.6. The fraction of sp³-hybridized carbons (Fsp3) is 0.716. The van der Waals surface area contributed by atoms with Gasteiger partial charge in [0.15, 0.2) is 31.3 Å². The van der Waals surface area contributed by atoms with Gasteiger partial charge in [0.05, 0.1) is 32.0 Å². The molecule has 0 radical (unpaired) electrons. The van der Waals surface area contributed by atoms with Crippen molar-refractivity contribution in [2.45, 2.75) is 355 Å². The number of esters is 1. The average molecular weight is 1590 g/mol. The van der Waals surface area contributed by atoms with E-state index in [-0.39, 0.29) is 0 Å². The monoisotopic (exact) mass is 1580 g/mol. The fourth-order valence-corrected chi connectivity index (χ4v) is 15.1. The van der Waals surface area contributed by atoms with Gasteiger partial charge in [-0.2, -0.15) is 4.31 Å². The van der Waals surface area contributed by atoms with Gasteiger partial charge in [0.1, 0.15) is 79.4 Å². The minimum atomic E-state index is -5.76. The van der Waals surface area contributed by atoms with Crippen LogP contribution in [0.25, 0.3) is 0 Å². The molecular formula is C81H134O26P2. The lowest BCUT2D eigenvalue weighted by Gasteiger charge is -2.49. The highest BCUT2D eigenvalue weighted by molar-refractivity contribution is 7.61. The van der Waals surface area contributed by atoms with Gasteiger partial charge in [-0.25, -0.2) is 9.13 Å². The van der Waals surface area contributed by atoms with Crippen molar-refractivity contribution in [1.82, 2.24) is 0 Å². The molecule has 109 heavy (non-hydrogen) atoms. The second-order valence-corrected chi connectivity index (χ2v) is 33.1. The summed E-state index contributed by atoms with van der Waals surface area (Å²) >= 11 is 0. The smallest absolute Gasteiger partial charge is 0.454 e. The lowest BCUT2D eigenvalue weighted by Crippen LogP contribution is -2.67. The molecule has 2 unspecified atom stereocenters. The number of phosphoric acid groups is 2. The summed E-state index contributed by atoms with van der Waals surface area (Å²) in [5, 5.41) is 108. The van der Waals surface area contributed by atoms with Gasteiger partial charge in [0.25, 0.3) is 0 Å². The molecule has 12 N–H and O–H groups in total. The number of rotatable bonds is 46. The van der Waals surface area contributed by atoms with Crippen LogP contribution in [0.5, 0.6) is 0 Å². The zero-order valence-corrected chi connectivity index (χ0v) is 68.9. The van der Waals surface area contributed by atoms with Crippen molar-refractivity contribution < 1.29 is 126 Å². The predicted molar refractivity (Wildman–Crippen MR) is 416 cm³/mol. The highest BCUT2D eigenvalue weighted by atomic mass is 31.3. The van der Waals surface area contributed by atoms with Gasteiger partial charge < -0.3 is 98.7 Å². The lowest BCUT2D eigenvalue weighted by molar-refractivity contribution is -0.383. The summed E-state index contributed by atoms with van der Waals surface area (Å²) in [4.78, 5) is 33.7. The Morgan fingerprint density at radius 1 is 0.349 bits per heavy atom. The highest BCUT2D eigenvalue weighted by Gasteiger charge is 2.56. The van der Waals surface area contributed by atoms with Crippen LogP contribution in [-0.4, -0.2) is 209 Å².